The summed E-state index contributed by atoms with van der Waals surface area (Å²) in [6.45, 7) is 1.66. The number of aryl methyl sites for hydroxylation is 1. The summed E-state index contributed by atoms with van der Waals surface area (Å²) in [5.41, 5.74) is 1.14. The summed E-state index contributed by atoms with van der Waals surface area (Å²) in [6.07, 6.45) is 3.98. The third kappa shape index (κ3) is 5.38. The molecular weight excluding hydrogens is 402 g/mol. The Balaban J connectivity index is 1.54. The highest BCUT2D eigenvalue weighted by atomic mass is 32.2. The Bertz CT molecular complexity index is 912. The van der Waals surface area contributed by atoms with E-state index in [1.54, 1.807) is 21.9 Å². The first-order chi connectivity index (χ1) is 14.5. The number of rotatable bonds is 7. The summed E-state index contributed by atoms with van der Waals surface area (Å²) < 4.78 is 0. The Kier molecular flexibility index (Phi) is 7.46. The molecule has 1 aliphatic heterocycles. The molecule has 0 N–H and O–H groups in total. The van der Waals surface area contributed by atoms with Gasteiger partial charge in [-0.05, 0) is 36.8 Å². The van der Waals surface area contributed by atoms with Crippen LogP contribution in [0.5, 0.6) is 0 Å². The third-order valence-electron chi connectivity index (χ3n) is 5.25. The minimum Gasteiger partial charge on any atom is -0.339 e. The van der Waals surface area contributed by atoms with Gasteiger partial charge in [0.1, 0.15) is 5.56 Å². The van der Waals surface area contributed by atoms with E-state index in [0.29, 0.717) is 32.6 Å². The summed E-state index contributed by atoms with van der Waals surface area (Å²) in [6, 6.07) is 14.7. The molecule has 1 aliphatic rings. The highest BCUT2D eigenvalue weighted by Crippen LogP contribution is 2.26. The van der Waals surface area contributed by atoms with Crippen molar-refractivity contribution >= 4 is 29.3 Å². The minimum atomic E-state index is -0.524. The van der Waals surface area contributed by atoms with Gasteiger partial charge < -0.3 is 9.80 Å². The molecule has 0 aliphatic carbocycles. The van der Waals surface area contributed by atoms with E-state index in [1.165, 1.54) is 23.4 Å². The van der Waals surface area contributed by atoms with Crippen molar-refractivity contribution in [3.05, 3.63) is 69.8 Å². The van der Waals surface area contributed by atoms with E-state index in [2.05, 4.69) is 12.1 Å². The maximum Gasteiger partial charge on any atom is 0.282 e. The SMILES string of the molecule is CSc1ccc([N+](=O)[O-])c(C(=O)N2CCN(C(=O)CCCc3ccccc3)CC2)c1. The quantitative estimate of drug-likeness (QED) is 0.383. The minimum absolute atomic E-state index is 0.0911. The van der Waals surface area contributed by atoms with Gasteiger partial charge in [-0.15, -0.1) is 11.8 Å². The molecular formula is C22H25N3O4S. The number of piperazine rings is 1. The standard InChI is InChI=1S/C22H25N3O4S/c1-30-18-10-11-20(25(28)29)19(16-18)22(27)24-14-12-23(13-15-24)21(26)9-5-8-17-6-3-2-4-7-17/h2-4,6-7,10-11,16H,5,8-9,12-15H2,1H3. The Morgan fingerprint density at radius 2 is 1.70 bits per heavy atom. The topological polar surface area (TPSA) is 83.8 Å². The second kappa shape index (κ2) is 10.2. The van der Waals surface area contributed by atoms with Crippen LogP contribution in [0.3, 0.4) is 0 Å². The van der Waals surface area contributed by atoms with Gasteiger partial charge in [-0.1, -0.05) is 30.3 Å². The van der Waals surface area contributed by atoms with E-state index in [1.807, 2.05) is 24.5 Å². The van der Waals surface area contributed by atoms with Crippen molar-refractivity contribution in [2.75, 3.05) is 32.4 Å². The normalized spacial score (nSPS) is 13.9. The smallest absolute Gasteiger partial charge is 0.282 e. The van der Waals surface area contributed by atoms with Gasteiger partial charge in [0.05, 0.1) is 4.92 Å². The lowest BCUT2D eigenvalue weighted by molar-refractivity contribution is -0.385. The van der Waals surface area contributed by atoms with Gasteiger partial charge in [-0.25, -0.2) is 0 Å². The first-order valence-electron chi connectivity index (χ1n) is 9.93. The van der Waals surface area contributed by atoms with Gasteiger partial charge >= 0.3 is 0 Å². The molecule has 7 nitrogen and oxygen atoms in total. The molecule has 0 radical (unpaired) electrons. The number of hydrogen-bond acceptors (Lipinski definition) is 5. The van der Waals surface area contributed by atoms with Crippen molar-refractivity contribution in [1.82, 2.24) is 9.80 Å². The average Bonchev–Trinajstić information content (AvgIpc) is 2.78. The predicted molar refractivity (Wildman–Crippen MR) is 117 cm³/mol. The molecule has 1 fully saturated rings. The Hall–Kier alpha value is -2.87. The number of carbonyl (C=O) groups is 2. The summed E-state index contributed by atoms with van der Waals surface area (Å²) in [7, 11) is 0. The largest absolute Gasteiger partial charge is 0.339 e. The predicted octanol–water partition coefficient (Wildman–Crippen LogP) is 3.62. The van der Waals surface area contributed by atoms with Gasteiger partial charge in [-0.2, -0.15) is 0 Å². The Morgan fingerprint density at radius 1 is 1.03 bits per heavy atom. The van der Waals surface area contributed by atoms with Crippen LogP contribution in [0.2, 0.25) is 0 Å². The molecule has 2 amide bonds. The first-order valence-corrected chi connectivity index (χ1v) is 11.2. The fourth-order valence-electron chi connectivity index (χ4n) is 3.55. The molecule has 0 spiro atoms. The highest BCUT2D eigenvalue weighted by molar-refractivity contribution is 7.98. The summed E-state index contributed by atoms with van der Waals surface area (Å²) >= 11 is 1.43. The summed E-state index contributed by atoms with van der Waals surface area (Å²) in [5.74, 6) is -0.262. The maximum atomic E-state index is 12.9. The van der Waals surface area contributed by atoms with E-state index in [0.717, 1.165) is 17.7 Å². The number of nitro groups is 1. The fraction of sp³-hybridized carbons (Fsp3) is 0.364. The van der Waals surface area contributed by atoms with Crippen molar-refractivity contribution in [3.63, 3.8) is 0 Å². The summed E-state index contributed by atoms with van der Waals surface area (Å²) in [4.78, 5) is 40.4. The van der Waals surface area contributed by atoms with Crippen LogP contribution < -0.4 is 0 Å². The van der Waals surface area contributed by atoms with E-state index in [9.17, 15) is 19.7 Å². The lowest BCUT2D eigenvalue weighted by Crippen LogP contribution is -2.50. The van der Waals surface area contributed by atoms with Crippen molar-refractivity contribution in [1.29, 1.82) is 0 Å². The highest BCUT2D eigenvalue weighted by Gasteiger charge is 2.29. The van der Waals surface area contributed by atoms with Gasteiger partial charge in [0.25, 0.3) is 11.6 Å². The molecule has 0 saturated carbocycles. The first kappa shape index (κ1) is 21.8. The lowest BCUT2D eigenvalue weighted by atomic mass is 10.1. The Labute approximate surface area is 180 Å². The average molecular weight is 428 g/mol. The van der Waals surface area contributed by atoms with E-state index >= 15 is 0 Å². The van der Waals surface area contributed by atoms with Gasteiger partial charge in [-0.3, -0.25) is 19.7 Å². The van der Waals surface area contributed by atoms with Crippen molar-refractivity contribution in [3.8, 4) is 0 Å². The molecule has 0 unspecified atom stereocenters. The third-order valence-corrected chi connectivity index (χ3v) is 5.97. The number of carbonyl (C=O) groups excluding carboxylic acids is 2. The number of hydrogen-bond donors (Lipinski definition) is 0. The van der Waals surface area contributed by atoms with Crippen LogP contribution in [0.4, 0.5) is 5.69 Å². The molecule has 1 heterocycles. The molecule has 30 heavy (non-hydrogen) atoms. The maximum absolute atomic E-state index is 12.9. The summed E-state index contributed by atoms with van der Waals surface area (Å²) in [5, 5.41) is 11.3. The number of thioether (sulfide) groups is 1. The van der Waals surface area contributed by atoms with Crippen molar-refractivity contribution in [2.45, 2.75) is 24.2 Å². The molecule has 0 aromatic heterocycles. The van der Waals surface area contributed by atoms with Crippen molar-refractivity contribution < 1.29 is 14.5 Å². The molecule has 2 aromatic rings. The zero-order valence-electron chi connectivity index (χ0n) is 17.0. The van der Waals surface area contributed by atoms with Crippen LogP contribution in [-0.2, 0) is 11.2 Å². The molecule has 3 rings (SSSR count). The fourth-order valence-corrected chi connectivity index (χ4v) is 3.99. The number of benzene rings is 2. The van der Waals surface area contributed by atoms with Gasteiger partial charge in [0.15, 0.2) is 0 Å². The van der Waals surface area contributed by atoms with E-state index < -0.39 is 4.92 Å². The van der Waals surface area contributed by atoms with E-state index in [-0.39, 0.29) is 23.1 Å². The van der Waals surface area contributed by atoms with Gasteiger partial charge in [0.2, 0.25) is 5.91 Å². The molecule has 0 atom stereocenters. The van der Waals surface area contributed by atoms with E-state index in [4.69, 9.17) is 0 Å². The second-order valence-electron chi connectivity index (χ2n) is 7.15. The second-order valence-corrected chi connectivity index (χ2v) is 8.03. The molecule has 0 bridgehead atoms. The monoisotopic (exact) mass is 427 g/mol. The Morgan fingerprint density at radius 3 is 2.33 bits per heavy atom. The zero-order valence-corrected chi connectivity index (χ0v) is 17.8. The van der Waals surface area contributed by atoms with Gasteiger partial charge in [0, 0.05) is 43.6 Å². The molecule has 1 saturated heterocycles. The van der Waals surface area contributed by atoms with Crippen LogP contribution in [0.15, 0.2) is 53.4 Å². The number of nitro benzene ring substituents is 1. The van der Waals surface area contributed by atoms with Crippen LogP contribution >= 0.6 is 11.8 Å². The van der Waals surface area contributed by atoms with Crippen LogP contribution in [-0.4, -0.2) is 59.0 Å². The van der Waals surface area contributed by atoms with Crippen LogP contribution in [0.1, 0.15) is 28.8 Å². The zero-order chi connectivity index (χ0) is 21.5. The molecule has 2 aromatic carbocycles. The molecule has 8 heteroatoms. The number of amides is 2. The van der Waals surface area contributed by atoms with Crippen LogP contribution in [0.25, 0.3) is 0 Å². The van der Waals surface area contributed by atoms with Crippen LogP contribution in [0, 0.1) is 10.1 Å². The lowest BCUT2D eigenvalue weighted by Gasteiger charge is -2.34. The van der Waals surface area contributed by atoms with Crippen molar-refractivity contribution in [2.24, 2.45) is 0 Å². The number of nitrogens with zero attached hydrogens (tertiary/aromatic N) is 3. The molecule has 158 valence electrons.